The van der Waals surface area contributed by atoms with E-state index < -0.39 is 7.14 Å². The minimum absolute atomic E-state index is 0.0550. The van der Waals surface area contributed by atoms with Crippen LogP contribution in [-0.2, 0) is 11.0 Å². The largest absolute Gasteiger partial charge is 0.309 e. The van der Waals surface area contributed by atoms with Crippen molar-refractivity contribution in [3.63, 3.8) is 0 Å². The molecule has 0 bridgehead atoms. The molecular formula is C35H24NO3P. The maximum absolute atomic E-state index is 15.8. The van der Waals surface area contributed by atoms with Gasteiger partial charge in [-0.3, -0.25) is 10.1 Å². The molecule has 0 N–H and O–H groups in total. The minimum Gasteiger partial charge on any atom is -0.309 e. The number of hydrogen-bond donors (Lipinski definition) is 0. The van der Waals surface area contributed by atoms with Crippen molar-refractivity contribution in [2.75, 3.05) is 0 Å². The first-order valence-electron chi connectivity index (χ1n) is 13.2. The van der Waals surface area contributed by atoms with Gasteiger partial charge in [-0.25, -0.2) is 0 Å². The lowest BCUT2D eigenvalue weighted by molar-refractivity contribution is -0.384. The van der Waals surface area contributed by atoms with Gasteiger partial charge in [-0.05, 0) is 62.7 Å². The molecule has 0 radical (unpaired) electrons. The molecule has 40 heavy (non-hydrogen) atoms. The van der Waals surface area contributed by atoms with Crippen molar-refractivity contribution >= 4 is 39.5 Å². The Labute approximate surface area is 232 Å². The molecule has 0 unspecified atom stereocenters. The van der Waals surface area contributed by atoms with Crippen LogP contribution in [0.15, 0.2) is 133 Å². The van der Waals surface area contributed by atoms with Crippen molar-refractivity contribution in [1.29, 1.82) is 0 Å². The predicted molar refractivity (Wildman–Crippen MR) is 164 cm³/mol. The van der Waals surface area contributed by atoms with Gasteiger partial charge in [0.05, 0.1) is 4.92 Å². The van der Waals surface area contributed by atoms with Crippen molar-refractivity contribution in [2.24, 2.45) is 0 Å². The van der Waals surface area contributed by atoms with Gasteiger partial charge in [0.15, 0.2) is 7.14 Å². The molecule has 6 aromatic carbocycles. The highest BCUT2D eigenvalue weighted by Crippen LogP contribution is 2.53. The van der Waals surface area contributed by atoms with E-state index in [0.29, 0.717) is 6.42 Å². The van der Waals surface area contributed by atoms with Crippen LogP contribution in [0.25, 0.3) is 33.0 Å². The van der Waals surface area contributed by atoms with Crippen molar-refractivity contribution in [3.8, 4) is 22.3 Å². The summed E-state index contributed by atoms with van der Waals surface area (Å²) < 4.78 is 15.8. The fourth-order valence-corrected chi connectivity index (χ4v) is 9.25. The van der Waals surface area contributed by atoms with Gasteiger partial charge in [0.1, 0.15) is 0 Å². The second-order valence-electron chi connectivity index (χ2n) is 10.0. The molecule has 0 heterocycles. The Hall–Kier alpha value is -4.79. The van der Waals surface area contributed by atoms with E-state index in [1.54, 1.807) is 12.1 Å². The number of hydrogen-bond acceptors (Lipinski definition) is 3. The summed E-state index contributed by atoms with van der Waals surface area (Å²) in [6.07, 6.45) is 0.662. The fraction of sp³-hybridized carbons (Fsp3) is 0.0286. The standard InChI is InChI=1S/C35H24NO3P/c37-36(38)26-21-19-24(20-22-26)33-30-17-9-10-18-31(30)35(32-23-25-11-7-8-16-29(25)34(32)33)40(39,27-12-3-1-4-13-27)28-14-5-2-6-15-28/h1-22H,23H2. The predicted octanol–water partition coefficient (Wildman–Crippen LogP) is 7.63. The van der Waals surface area contributed by atoms with E-state index in [-0.39, 0.29) is 10.6 Å². The van der Waals surface area contributed by atoms with Gasteiger partial charge in [-0.1, -0.05) is 109 Å². The molecule has 192 valence electrons. The van der Waals surface area contributed by atoms with E-state index in [0.717, 1.165) is 54.5 Å². The molecule has 4 nitrogen and oxygen atoms in total. The first-order valence-corrected chi connectivity index (χ1v) is 14.9. The minimum atomic E-state index is -3.31. The third kappa shape index (κ3) is 3.65. The molecule has 0 atom stereocenters. The zero-order valence-electron chi connectivity index (χ0n) is 21.5. The normalized spacial score (nSPS) is 12.2. The SMILES string of the molecule is O=[N+]([O-])c1ccc(-c2c3c(c(P(=O)(c4ccccc4)c4ccccc4)c4ccccc24)Cc2ccccc2-3)cc1. The first kappa shape index (κ1) is 24.3. The van der Waals surface area contributed by atoms with Crippen molar-refractivity contribution in [3.05, 3.63) is 155 Å². The number of non-ortho nitro benzene ring substituents is 1. The molecular weight excluding hydrogens is 513 g/mol. The topological polar surface area (TPSA) is 60.2 Å². The Morgan fingerprint density at radius 2 is 1.15 bits per heavy atom. The lowest BCUT2D eigenvalue weighted by Crippen LogP contribution is -2.28. The van der Waals surface area contributed by atoms with E-state index in [1.165, 1.54) is 5.56 Å². The summed E-state index contributed by atoms with van der Waals surface area (Å²) in [5, 5.41) is 15.8. The van der Waals surface area contributed by atoms with Crippen molar-refractivity contribution in [1.82, 2.24) is 0 Å². The Bertz CT molecular complexity index is 1920. The van der Waals surface area contributed by atoms with Crippen LogP contribution in [0, 0.1) is 10.1 Å². The molecule has 0 saturated heterocycles. The second kappa shape index (κ2) is 9.44. The summed E-state index contributed by atoms with van der Waals surface area (Å²) in [5.74, 6) is 0. The van der Waals surface area contributed by atoms with Crippen LogP contribution in [0.5, 0.6) is 0 Å². The molecule has 1 aliphatic rings. The molecule has 0 saturated carbocycles. The molecule has 0 spiro atoms. The van der Waals surface area contributed by atoms with E-state index in [4.69, 9.17) is 0 Å². The van der Waals surface area contributed by atoms with Gasteiger partial charge in [0.2, 0.25) is 0 Å². The number of fused-ring (bicyclic) bond motifs is 4. The smallest absolute Gasteiger partial charge is 0.269 e. The van der Waals surface area contributed by atoms with Gasteiger partial charge in [-0.2, -0.15) is 0 Å². The summed E-state index contributed by atoms with van der Waals surface area (Å²) in [7, 11) is -3.31. The third-order valence-corrected chi connectivity index (χ3v) is 11.1. The zero-order chi connectivity index (χ0) is 27.3. The zero-order valence-corrected chi connectivity index (χ0v) is 22.4. The fourth-order valence-electron chi connectivity index (χ4n) is 6.14. The van der Waals surface area contributed by atoms with E-state index in [2.05, 4.69) is 24.3 Å². The van der Waals surface area contributed by atoms with E-state index in [9.17, 15) is 10.1 Å². The maximum Gasteiger partial charge on any atom is 0.269 e. The van der Waals surface area contributed by atoms with Crippen LogP contribution in [0.1, 0.15) is 11.1 Å². The second-order valence-corrected chi connectivity index (χ2v) is 12.7. The monoisotopic (exact) mass is 537 g/mol. The van der Waals surface area contributed by atoms with Gasteiger partial charge in [0.25, 0.3) is 5.69 Å². The molecule has 0 aliphatic heterocycles. The van der Waals surface area contributed by atoms with Crippen LogP contribution >= 0.6 is 7.14 Å². The number of nitro benzene ring substituents is 1. The Kier molecular flexibility index (Phi) is 5.73. The van der Waals surface area contributed by atoms with Gasteiger partial charge < -0.3 is 4.57 Å². The summed E-state index contributed by atoms with van der Waals surface area (Å²) in [6, 6.07) is 42.9. The van der Waals surface area contributed by atoms with E-state index >= 15 is 4.57 Å². The number of rotatable bonds is 5. The van der Waals surface area contributed by atoms with Crippen LogP contribution in [0.3, 0.4) is 0 Å². The molecule has 0 fully saturated rings. The maximum atomic E-state index is 15.8. The van der Waals surface area contributed by atoms with Crippen molar-refractivity contribution < 1.29 is 9.49 Å². The lowest BCUT2D eigenvalue weighted by atomic mass is 9.89. The van der Waals surface area contributed by atoms with Gasteiger partial charge in [-0.15, -0.1) is 0 Å². The number of nitro groups is 1. The number of benzene rings is 6. The van der Waals surface area contributed by atoms with Crippen molar-refractivity contribution in [2.45, 2.75) is 6.42 Å². The lowest BCUT2D eigenvalue weighted by Gasteiger charge is -2.26. The first-order chi connectivity index (χ1) is 19.6. The summed E-state index contributed by atoms with van der Waals surface area (Å²) in [5.41, 5.74) is 6.39. The van der Waals surface area contributed by atoms with Crippen LogP contribution in [0.4, 0.5) is 5.69 Å². The van der Waals surface area contributed by atoms with Gasteiger partial charge >= 0.3 is 0 Å². The van der Waals surface area contributed by atoms with Crippen LogP contribution < -0.4 is 15.9 Å². The molecule has 6 aromatic rings. The molecule has 0 aromatic heterocycles. The highest BCUT2D eigenvalue weighted by molar-refractivity contribution is 7.85. The Balaban J connectivity index is 1.65. The average molecular weight is 538 g/mol. The third-order valence-electron chi connectivity index (χ3n) is 7.86. The molecule has 7 rings (SSSR count). The highest BCUT2D eigenvalue weighted by atomic mass is 31.2. The Morgan fingerprint density at radius 3 is 1.77 bits per heavy atom. The molecule has 5 heteroatoms. The van der Waals surface area contributed by atoms with Gasteiger partial charge in [0, 0.05) is 28.0 Å². The molecule has 0 amide bonds. The summed E-state index contributed by atoms with van der Waals surface area (Å²) in [4.78, 5) is 11.0. The van der Waals surface area contributed by atoms with Crippen LogP contribution in [0.2, 0.25) is 0 Å². The average Bonchev–Trinajstić information content (AvgIpc) is 3.39. The van der Waals surface area contributed by atoms with Crippen LogP contribution in [-0.4, -0.2) is 4.92 Å². The summed E-state index contributed by atoms with van der Waals surface area (Å²) in [6.45, 7) is 0. The Morgan fingerprint density at radius 1 is 0.600 bits per heavy atom. The summed E-state index contributed by atoms with van der Waals surface area (Å²) >= 11 is 0. The highest BCUT2D eigenvalue weighted by Gasteiger charge is 2.38. The quantitative estimate of drug-likeness (QED) is 0.129. The number of nitrogens with zero attached hydrogens (tertiary/aromatic N) is 1. The van der Waals surface area contributed by atoms with E-state index in [1.807, 2.05) is 97.1 Å². The molecule has 1 aliphatic carbocycles.